The number of aryl methyl sites for hydroxylation is 4. The van der Waals surface area contributed by atoms with E-state index in [-0.39, 0.29) is 5.91 Å². The number of carbonyl (C=O) groups excluding carboxylic acids is 1. The number of hydrogen-bond acceptors (Lipinski definition) is 2. The maximum Gasteiger partial charge on any atom is 0.273 e. The maximum atomic E-state index is 12.3. The summed E-state index contributed by atoms with van der Waals surface area (Å²) in [6, 6.07) is 7.85. The molecule has 0 aliphatic carbocycles. The van der Waals surface area contributed by atoms with E-state index in [4.69, 9.17) is 0 Å². The first-order valence-corrected chi connectivity index (χ1v) is 6.92. The molecule has 1 aromatic heterocycles. The lowest BCUT2D eigenvalue weighted by atomic mass is 10.1. The summed E-state index contributed by atoms with van der Waals surface area (Å²) in [7, 11) is 1.80. The number of nitrogens with zero attached hydrogens (tertiary/aromatic N) is 2. The third-order valence-corrected chi connectivity index (χ3v) is 3.30. The highest BCUT2D eigenvalue weighted by Crippen LogP contribution is 2.17. The Labute approximate surface area is 119 Å². The summed E-state index contributed by atoms with van der Waals surface area (Å²) in [4.78, 5) is 12.3. The predicted molar refractivity (Wildman–Crippen MR) is 81.1 cm³/mol. The summed E-state index contributed by atoms with van der Waals surface area (Å²) in [5.41, 5.74) is 4.65. The zero-order valence-electron chi connectivity index (χ0n) is 12.5. The van der Waals surface area contributed by atoms with Crippen LogP contribution in [-0.4, -0.2) is 15.7 Å². The highest BCUT2D eigenvalue weighted by atomic mass is 16.2. The SMILES string of the molecule is CCCc1cc(C(=O)Nc2ccc(C)cc2C)n(C)n1. The second-order valence-corrected chi connectivity index (χ2v) is 5.17. The Bertz CT molecular complexity index is 629. The number of amides is 1. The van der Waals surface area contributed by atoms with Crippen molar-refractivity contribution in [3.63, 3.8) is 0 Å². The van der Waals surface area contributed by atoms with Crippen molar-refractivity contribution in [2.75, 3.05) is 5.32 Å². The molecule has 1 heterocycles. The van der Waals surface area contributed by atoms with Crippen molar-refractivity contribution in [2.24, 2.45) is 7.05 Å². The number of aromatic nitrogens is 2. The standard InChI is InChI=1S/C16H21N3O/c1-5-6-13-10-15(19(4)18-13)16(20)17-14-8-7-11(2)9-12(14)3/h7-10H,5-6H2,1-4H3,(H,17,20). The zero-order chi connectivity index (χ0) is 14.7. The average molecular weight is 271 g/mol. The summed E-state index contributed by atoms with van der Waals surface area (Å²) in [6.07, 6.45) is 1.92. The minimum absolute atomic E-state index is 0.116. The van der Waals surface area contributed by atoms with Gasteiger partial charge in [0.2, 0.25) is 0 Å². The van der Waals surface area contributed by atoms with Crippen molar-refractivity contribution in [3.8, 4) is 0 Å². The highest BCUT2D eigenvalue weighted by Gasteiger charge is 2.14. The van der Waals surface area contributed by atoms with Crippen molar-refractivity contribution >= 4 is 11.6 Å². The molecule has 0 bridgehead atoms. The van der Waals surface area contributed by atoms with Crippen molar-refractivity contribution in [1.29, 1.82) is 0 Å². The molecule has 0 aliphatic heterocycles. The quantitative estimate of drug-likeness (QED) is 0.928. The fourth-order valence-corrected chi connectivity index (χ4v) is 2.26. The Balaban J connectivity index is 2.19. The zero-order valence-corrected chi connectivity index (χ0v) is 12.5. The van der Waals surface area contributed by atoms with Crippen LogP contribution in [0.4, 0.5) is 5.69 Å². The lowest BCUT2D eigenvalue weighted by Crippen LogP contribution is -2.16. The van der Waals surface area contributed by atoms with Crippen molar-refractivity contribution in [3.05, 3.63) is 46.8 Å². The third-order valence-electron chi connectivity index (χ3n) is 3.30. The molecule has 1 aromatic carbocycles. The number of nitrogens with one attached hydrogen (secondary N) is 1. The Morgan fingerprint density at radius 1 is 1.30 bits per heavy atom. The molecule has 4 heteroatoms. The minimum Gasteiger partial charge on any atom is -0.320 e. The fraction of sp³-hybridized carbons (Fsp3) is 0.375. The van der Waals surface area contributed by atoms with E-state index >= 15 is 0 Å². The summed E-state index contributed by atoms with van der Waals surface area (Å²) in [5.74, 6) is -0.116. The molecule has 0 saturated heterocycles. The van der Waals surface area contributed by atoms with Crippen LogP contribution in [0.1, 0.15) is 40.7 Å². The summed E-state index contributed by atoms with van der Waals surface area (Å²) >= 11 is 0. The van der Waals surface area contributed by atoms with Crippen molar-refractivity contribution in [1.82, 2.24) is 9.78 Å². The molecular weight excluding hydrogens is 250 g/mol. The number of benzene rings is 1. The molecule has 0 unspecified atom stereocenters. The van der Waals surface area contributed by atoms with Gasteiger partial charge in [-0.15, -0.1) is 0 Å². The van der Waals surface area contributed by atoms with Crippen LogP contribution in [0, 0.1) is 13.8 Å². The molecule has 1 amide bonds. The van der Waals surface area contributed by atoms with Crippen LogP contribution in [0.3, 0.4) is 0 Å². The van der Waals surface area contributed by atoms with E-state index in [1.807, 2.05) is 32.0 Å². The van der Waals surface area contributed by atoms with Gasteiger partial charge in [-0.2, -0.15) is 5.10 Å². The van der Waals surface area contributed by atoms with Crippen LogP contribution < -0.4 is 5.32 Å². The number of carbonyl (C=O) groups is 1. The largest absolute Gasteiger partial charge is 0.320 e. The van der Waals surface area contributed by atoms with Crippen LogP contribution in [0.25, 0.3) is 0 Å². The molecular formula is C16H21N3O. The predicted octanol–water partition coefficient (Wildman–Crippen LogP) is 3.24. The molecule has 0 aliphatic rings. The smallest absolute Gasteiger partial charge is 0.273 e. The van der Waals surface area contributed by atoms with Gasteiger partial charge in [-0.1, -0.05) is 31.0 Å². The van der Waals surface area contributed by atoms with Crippen molar-refractivity contribution in [2.45, 2.75) is 33.6 Å². The van der Waals surface area contributed by atoms with Gasteiger partial charge in [0.15, 0.2) is 0 Å². The minimum atomic E-state index is -0.116. The Hall–Kier alpha value is -2.10. The van der Waals surface area contributed by atoms with E-state index in [9.17, 15) is 4.79 Å². The summed E-state index contributed by atoms with van der Waals surface area (Å²) in [5, 5.41) is 7.31. The number of hydrogen-bond donors (Lipinski definition) is 1. The van der Waals surface area contributed by atoms with E-state index in [0.717, 1.165) is 29.8 Å². The summed E-state index contributed by atoms with van der Waals surface area (Å²) in [6.45, 7) is 6.13. The topological polar surface area (TPSA) is 46.9 Å². The van der Waals surface area contributed by atoms with E-state index in [1.54, 1.807) is 11.7 Å². The molecule has 0 radical (unpaired) electrons. The molecule has 0 spiro atoms. The van der Waals surface area contributed by atoms with Gasteiger partial charge in [-0.05, 0) is 38.0 Å². The lowest BCUT2D eigenvalue weighted by molar-refractivity contribution is 0.101. The second-order valence-electron chi connectivity index (χ2n) is 5.17. The van der Waals surface area contributed by atoms with Crippen molar-refractivity contribution < 1.29 is 4.79 Å². The second kappa shape index (κ2) is 5.90. The number of rotatable bonds is 4. The van der Waals surface area contributed by atoms with Crippen LogP contribution in [0.15, 0.2) is 24.3 Å². The highest BCUT2D eigenvalue weighted by molar-refractivity contribution is 6.03. The van der Waals surface area contributed by atoms with Gasteiger partial charge in [0.1, 0.15) is 5.69 Å². The van der Waals surface area contributed by atoms with Gasteiger partial charge in [0.05, 0.1) is 5.69 Å². The van der Waals surface area contributed by atoms with Gasteiger partial charge in [-0.3, -0.25) is 9.48 Å². The molecule has 1 N–H and O–H groups in total. The number of anilines is 1. The first kappa shape index (κ1) is 14.3. The van der Waals surface area contributed by atoms with Crippen LogP contribution in [-0.2, 0) is 13.5 Å². The van der Waals surface area contributed by atoms with Gasteiger partial charge in [0.25, 0.3) is 5.91 Å². The molecule has 20 heavy (non-hydrogen) atoms. The van der Waals surface area contributed by atoms with Crippen LogP contribution >= 0.6 is 0 Å². The Morgan fingerprint density at radius 3 is 2.70 bits per heavy atom. The average Bonchev–Trinajstić information content (AvgIpc) is 2.74. The molecule has 106 valence electrons. The van der Waals surface area contributed by atoms with Crippen LogP contribution in [0.2, 0.25) is 0 Å². The molecule has 0 fully saturated rings. The fourth-order valence-electron chi connectivity index (χ4n) is 2.26. The van der Waals surface area contributed by atoms with Gasteiger partial charge < -0.3 is 5.32 Å². The Kier molecular flexibility index (Phi) is 4.23. The maximum absolute atomic E-state index is 12.3. The van der Waals surface area contributed by atoms with E-state index in [0.29, 0.717) is 5.69 Å². The first-order valence-electron chi connectivity index (χ1n) is 6.92. The normalized spacial score (nSPS) is 10.6. The van der Waals surface area contributed by atoms with Gasteiger partial charge >= 0.3 is 0 Å². The summed E-state index contributed by atoms with van der Waals surface area (Å²) < 4.78 is 1.64. The Morgan fingerprint density at radius 2 is 2.05 bits per heavy atom. The van der Waals surface area contributed by atoms with E-state index in [1.165, 1.54) is 5.56 Å². The molecule has 0 atom stereocenters. The first-order chi connectivity index (χ1) is 9.51. The van der Waals surface area contributed by atoms with Gasteiger partial charge in [-0.25, -0.2) is 0 Å². The lowest BCUT2D eigenvalue weighted by Gasteiger charge is -2.09. The third kappa shape index (κ3) is 3.07. The molecule has 2 aromatic rings. The molecule has 4 nitrogen and oxygen atoms in total. The van der Waals surface area contributed by atoms with E-state index in [2.05, 4.69) is 23.4 Å². The molecule has 0 saturated carbocycles. The molecule has 2 rings (SSSR count). The van der Waals surface area contributed by atoms with Gasteiger partial charge in [0, 0.05) is 12.7 Å². The monoisotopic (exact) mass is 271 g/mol. The van der Waals surface area contributed by atoms with E-state index < -0.39 is 0 Å². The van der Waals surface area contributed by atoms with Crippen LogP contribution in [0.5, 0.6) is 0 Å².